The summed E-state index contributed by atoms with van der Waals surface area (Å²) in [5, 5.41) is 5.94. The lowest BCUT2D eigenvalue weighted by molar-refractivity contribution is 1.34. The van der Waals surface area contributed by atoms with Crippen LogP contribution in [0.15, 0.2) is 66.9 Å². The molecule has 0 radical (unpaired) electrons. The molecule has 0 aliphatic heterocycles. The van der Waals surface area contributed by atoms with E-state index in [1.54, 1.807) is 6.20 Å². The van der Waals surface area contributed by atoms with Gasteiger partial charge in [-0.25, -0.2) is 4.98 Å². The van der Waals surface area contributed by atoms with Crippen molar-refractivity contribution in [3.8, 4) is 0 Å². The summed E-state index contributed by atoms with van der Waals surface area (Å²) >= 11 is 6.48. The highest BCUT2D eigenvalue weighted by Crippen LogP contribution is 2.31. The van der Waals surface area contributed by atoms with Crippen molar-refractivity contribution < 1.29 is 0 Å². The summed E-state index contributed by atoms with van der Waals surface area (Å²) in [5.74, 6) is 0.748. The van der Waals surface area contributed by atoms with Crippen LogP contribution in [0.3, 0.4) is 0 Å². The molecular weight excluding hydrogens is 294 g/mol. The number of hydrogen-bond donors (Lipinski definition) is 1. The maximum absolute atomic E-state index is 6.48. The van der Waals surface area contributed by atoms with Gasteiger partial charge in [-0.2, -0.15) is 0 Å². The minimum absolute atomic E-state index is 0.653. The minimum atomic E-state index is 0.653. The van der Waals surface area contributed by atoms with Crippen LogP contribution in [0.2, 0.25) is 5.02 Å². The molecule has 2 heterocycles. The first kappa shape index (κ1) is 13.0. The van der Waals surface area contributed by atoms with Crippen LogP contribution in [0.1, 0.15) is 0 Å². The van der Waals surface area contributed by atoms with Crippen molar-refractivity contribution >= 4 is 44.9 Å². The Kier molecular flexibility index (Phi) is 3.13. The van der Waals surface area contributed by atoms with E-state index in [0.29, 0.717) is 5.02 Å². The van der Waals surface area contributed by atoms with Gasteiger partial charge >= 0.3 is 0 Å². The van der Waals surface area contributed by atoms with Crippen LogP contribution in [0.5, 0.6) is 0 Å². The number of hydrogen-bond acceptors (Lipinski definition) is 3. The Bertz CT molecular complexity index is 982. The Balaban J connectivity index is 1.77. The van der Waals surface area contributed by atoms with Crippen LogP contribution in [0.25, 0.3) is 21.8 Å². The number of nitrogens with zero attached hydrogens (tertiary/aromatic N) is 2. The summed E-state index contributed by atoms with van der Waals surface area (Å²) in [4.78, 5) is 9.02. The summed E-state index contributed by atoms with van der Waals surface area (Å²) in [7, 11) is 0. The standard InChI is InChI=1S/C18H12ClN3/c19-18-13-6-2-4-8-15(13)20-11-16(18)22-17-10-9-12-5-1-3-7-14(12)21-17/h1-11H,(H,21,22). The van der Waals surface area contributed by atoms with Gasteiger partial charge in [-0.15, -0.1) is 0 Å². The van der Waals surface area contributed by atoms with Gasteiger partial charge in [0.1, 0.15) is 5.82 Å². The van der Waals surface area contributed by atoms with Crippen LogP contribution < -0.4 is 5.32 Å². The molecule has 0 atom stereocenters. The third-order valence-electron chi connectivity index (χ3n) is 3.57. The van der Waals surface area contributed by atoms with Crippen LogP contribution in [0.4, 0.5) is 11.5 Å². The lowest BCUT2D eigenvalue weighted by Gasteiger charge is -2.10. The van der Waals surface area contributed by atoms with Gasteiger partial charge in [0.05, 0.1) is 27.9 Å². The first-order chi connectivity index (χ1) is 10.8. The van der Waals surface area contributed by atoms with E-state index < -0.39 is 0 Å². The zero-order valence-electron chi connectivity index (χ0n) is 11.6. The molecule has 2 aromatic heterocycles. The van der Waals surface area contributed by atoms with Gasteiger partial charge in [0.25, 0.3) is 0 Å². The number of halogens is 1. The summed E-state index contributed by atoms with van der Waals surface area (Å²) < 4.78 is 0. The van der Waals surface area contributed by atoms with E-state index in [4.69, 9.17) is 11.6 Å². The van der Waals surface area contributed by atoms with Gasteiger partial charge in [0, 0.05) is 10.8 Å². The number of rotatable bonds is 2. The van der Waals surface area contributed by atoms with Crippen LogP contribution >= 0.6 is 11.6 Å². The number of fused-ring (bicyclic) bond motifs is 2. The van der Waals surface area contributed by atoms with E-state index in [-0.39, 0.29) is 0 Å². The molecule has 0 amide bonds. The maximum Gasteiger partial charge on any atom is 0.131 e. The first-order valence-electron chi connectivity index (χ1n) is 6.97. The lowest BCUT2D eigenvalue weighted by Crippen LogP contribution is -1.96. The van der Waals surface area contributed by atoms with Gasteiger partial charge in [0.2, 0.25) is 0 Å². The second kappa shape index (κ2) is 5.28. The molecule has 4 rings (SSSR count). The van der Waals surface area contributed by atoms with Crippen LogP contribution in [0, 0.1) is 0 Å². The van der Waals surface area contributed by atoms with Crippen LogP contribution in [-0.4, -0.2) is 9.97 Å². The summed E-state index contributed by atoms with van der Waals surface area (Å²) in [6, 6.07) is 19.8. The molecule has 0 saturated carbocycles. The normalized spacial score (nSPS) is 11.0. The molecule has 0 aliphatic carbocycles. The minimum Gasteiger partial charge on any atom is -0.338 e. The smallest absolute Gasteiger partial charge is 0.131 e. The first-order valence-corrected chi connectivity index (χ1v) is 7.35. The van der Waals surface area contributed by atoms with Crippen molar-refractivity contribution in [2.24, 2.45) is 0 Å². The van der Waals surface area contributed by atoms with Gasteiger partial charge in [0.15, 0.2) is 0 Å². The molecule has 0 aliphatic rings. The highest BCUT2D eigenvalue weighted by molar-refractivity contribution is 6.38. The Labute approximate surface area is 132 Å². The Hall–Kier alpha value is -2.65. The number of nitrogens with one attached hydrogen (secondary N) is 1. The fraction of sp³-hybridized carbons (Fsp3) is 0. The van der Waals surface area contributed by atoms with E-state index in [0.717, 1.165) is 33.3 Å². The largest absolute Gasteiger partial charge is 0.338 e. The second-order valence-electron chi connectivity index (χ2n) is 5.02. The number of para-hydroxylation sites is 2. The fourth-order valence-electron chi connectivity index (χ4n) is 2.47. The SMILES string of the molecule is Clc1c(Nc2ccc3ccccc3n2)cnc2ccccc12. The number of benzene rings is 2. The topological polar surface area (TPSA) is 37.8 Å². The van der Waals surface area contributed by atoms with Crippen LogP contribution in [-0.2, 0) is 0 Å². The summed E-state index contributed by atoms with van der Waals surface area (Å²) in [5.41, 5.74) is 2.57. The van der Waals surface area contributed by atoms with Gasteiger partial charge in [-0.05, 0) is 24.3 Å². The average molecular weight is 306 g/mol. The molecule has 0 saturated heterocycles. The lowest BCUT2D eigenvalue weighted by atomic mass is 10.2. The van der Waals surface area contributed by atoms with Crippen molar-refractivity contribution in [1.82, 2.24) is 9.97 Å². The predicted octanol–water partition coefficient (Wildman–Crippen LogP) is 5.18. The Morgan fingerprint density at radius 3 is 2.50 bits per heavy atom. The number of anilines is 2. The average Bonchev–Trinajstić information content (AvgIpc) is 2.57. The van der Waals surface area contributed by atoms with Crippen molar-refractivity contribution in [3.63, 3.8) is 0 Å². The molecule has 3 nitrogen and oxygen atoms in total. The van der Waals surface area contributed by atoms with Gasteiger partial charge < -0.3 is 5.32 Å². The predicted molar refractivity (Wildman–Crippen MR) is 91.8 cm³/mol. The van der Waals surface area contributed by atoms with Gasteiger partial charge in [-0.3, -0.25) is 4.98 Å². The van der Waals surface area contributed by atoms with E-state index >= 15 is 0 Å². The van der Waals surface area contributed by atoms with Gasteiger partial charge in [-0.1, -0.05) is 48.0 Å². The molecule has 0 bridgehead atoms. The highest BCUT2D eigenvalue weighted by atomic mass is 35.5. The van der Waals surface area contributed by atoms with Crippen molar-refractivity contribution in [1.29, 1.82) is 0 Å². The molecule has 106 valence electrons. The molecular formula is C18H12ClN3. The molecule has 22 heavy (non-hydrogen) atoms. The quantitative estimate of drug-likeness (QED) is 0.554. The third-order valence-corrected chi connectivity index (χ3v) is 3.98. The van der Waals surface area contributed by atoms with Crippen molar-refractivity contribution in [3.05, 3.63) is 71.9 Å². The summed E-state index contributed by atoms with van der Waals surface area (Å²) in [6.07, 6.45) is 1.74. The van der Waals surface area contributed by atoms with Crippen molar-refractivity contribution in [2.75, 3.05) is 5.32 Å². The number of pyridine rings is 2. The van der Waals surface area contributed by atoms with E-state index in [1.165, 1.54) is 0 Å². The second-order valence-corrected chi connectivity index (χ2v) is 5.40. The van der Waals surface area contributed by atoms with E-state index in [9.17, 15) is 0 Å². The monoisotopic (exact) mass is 305 g/mol. The van der Waals surface area contributed by atoms with Crippen molar-refractivity contribution in [2.45, 2.75) is 0 Å². The number of aromatic nitrogens is 2. The van der Waals surface area contributed by atoms with E-state index in [1.807, 2.05) is 60.7 Å². The molecule has 4 heteroatoms. The molecule has 1 N–H and O–H groups in total. The molecule has 2 aromatic carbocycles. The highest BCUT2D eigenvalue weighted by Gasteiger charge is 2.07. The zero-order valence-corrected chi connectivity index (χ0v) is 12.4. The molecule has 0 fully saturated rings. The molecule has 4 aromatic rings. The Morgan fingerprint density at radius 2 is 1.59 bits per heavy atom. The third kappa shape index (κ3) is 2.26. The van der Waals surface area contributed by atoms with E-state index in [2.05, 4.69) is 15.3 Å². The molecule has 0 spiro atoms. The Morgan fingerprint density at radius 1 is 0.818 bits per heavy atom. The fourth-order valence-corrected chi connectivity index (χ4v) is 2.72. The zero-order chi connectivity index (χ0) is 14.9. The summed E-state index contributed by atoms with van der Waals surface area (Å²) in [6.45, 7) is 0. The molecule has 0 unspecified atom stereocenters. The maximum atomic E-state index is 6.48.